The first-order valence-electron chi connectivity index (χ1n) is 9.21. The molecule has 0 aromatic heterocycles. The molecule has 2 aromatic rings. The van der Waals surface area contributed by atoms with Crippen LogP contribution in [0.4, 0.5) is 11.4 Å². The molecule has 0 spiro atoms. The van der Waals surface area contributed by atoms with Gasteiger partial charge in [-0.3, -0.25) is 14.4 Å². The highest BCUT2D eigenvalue weighted by molar-refractivity contribution is 9.10. The maximum absolute atomic E-state index is 12.5. The third kappa shape index (κ3) is 5.16. The van der Waals surface area contributed by atoms with Gasteiger partial charge >= 0.3 is 0 Å². The first kappa shape index (κ1) is 21.3. The molecule has 0 bridgehead atoms. The van der Waals surface area contributed by atoms with Crippen LogP contribution in [0.5, 0.6) is 0 Å². The molecular formula is C21H21BrClN3O3. The van der Waals surface area contributed by atoms with E-state index in [9.17, 15) is 14.4 Å². The molecule has 1 saturated heterocycles. The second kappa shape index (κ2) is 8.97. The highest BCUT2D eigenvalue weighted by Crippen LogP contribution is 2.26. The number of likely N-dealkylation sites (tertiary alicyclic amines) is 1. The average Bonchev–Trinajstić information content (AvgIpc) is 3.07. The molecule has 29 heavy (non-hydrogen) atoms. The Kier molecular flexibility index (Phi) is 6.59. The van der Waals surface area contributed by atoms with E-state index in [0.717, 1.165) is 4.47 Å². The Morgan fingerprint density at radius 2 is 1.83 bits per heavy atom. The first-order chi connectivity index (χ1) is 13.7. The molecule has 1 atom stereocenters. The Labute approximate surface area is 182 Å². The van der Waals surface area contributed by atoms with Crippen LogP contribution < -0.4 is 10.6 Å². The molecule has 8 heteroatoms. The minimum absolute atomic E-state index is 0.00114. The molecule has 0 aliphatic carbocycles. The van der Waals surface area contributed by atoms with Crippen molar-refractivity contribution in [2.45, 2.75) is 26.3 Å². The van der Waals surface area contributed by atoms with Crippen LogP contribution in [0.2, 0.25) is 5.02 Å². The van der Waals surface area contributed by atoms with Crippen molar-refractivity contribution in [1.82, 2.24) is 4.90 Å². The lowest BCUT2D eigenvalue weighted by Crippen LogP contribution is -2.33. The lowest BCUT2D eigenvalue weighted by atomic mass is 10.1. The van der Waals surface area contributed by atoms with Gasteiger partial charge in [0, 0.05) is 34.7 Å². The normalized spacial score (nSPS) is 16.2. The SMILES string of the molecule is CC(C)N1CC(C(=O)Nc2ccc(C(=O)Nc3ccc(Br)cc3Cl)cc2)CC1=O. The maximum Gasteiger partial charge on any atom is 0.255 e. The zero-order valence-electron chi connectivity index (χ0n) is 16.0. The number of nitrogens with one attached hydrogen (secondary N) is 2. The van der Waals surface area contributed by atoms with Crippen LogP contribution in [0, 0.1) is 5.92 Å². The van der Waals surface area contributed by atoms with Gasteiger partial charge in [0.2, 0.25) is 11.8 Å². The summed E-state index contributed by atoms with van der Waals surface area (Å²) in [5.74, 6) is -0.868. The van der Waals surface area contributed by atoms with Crippen molar-refractivity contribution >= 4 is 56.6 Å². The predicted molar refractivity (Wildman–Crippen MR) is 117 cm³/mol. The highest BCUT2D eigenvalue weighted by atomic mass is 79.9. The number of halogens is 2. The molecular weight excluding hydrogens is 458 g/mol. The van der Waals surface area contributed by atoms with Gasteiger partial charge in [-0.15, -0.1) is 0 Å². The molecule has 1 unspecified atom stereocenters. The lowest BCUT2D eigenvalue weighted by Gasteiger charge is -2.20. The fraction of sp³-hybridized carbons (Fsp3) is 0.286. The zero-order chi connectivity index (χ0) is 21.1. The predicted octanol–water partition coefficient (Wildman–Crippen LogP) is 4.55. The molecule has 152 valence electrons. The van der Waals surface area contributed by atoms with Gasteiger partial charge in [0.1, 0.15) is 0 Å². The molecule has 1 aliphatic heterocycles. The summed E-state index contributed by atoms with van der Waals surface area (Å²) in [6, 6.07) is 11.8. The number of hydrogen-bond donors (Lipinski definition) is 2. The lowest BCUT2D eigenvalue weighted by molar-refractivity contribution is -0.129. The van der Waals surface area contributed by atoms with Crippen LogP contribution in [0.1, 0.15) is 30.6 Å². The summed E-state index contributed by atoms with van der Waals surface area (Å²) in [6.07, 6.45) is 0.221. The topological polar surface area (TPSA) is 78.5 Å². The Morgan fingerprint density at radius 3 is 2.41 bits per heavy atom. The third-order valence-electron chi connectivity index (χ3n) is 4.75. The van der Waals surface area contributed by atoms with Crippen LogP contribution in [0.15, 0.2) is 46.9 Å². The van der Waals surface area contributed by atoms with Gasteiger partial charge in [-0.1, -0.05) is 27.5 Å². The van der Waals surface area contributed by atoms with E-state index in [0.29, 0.717) is 28.5 Å². The number of carbonyl (C=O) groups excluding carboxylic acids is 3. The van der Waals surface area contributed by atoms with Gasteiger partial charge in [-0.2, -0.15) is 0 Å². The van der Waals surface area contributed by atoms with Gasteiger partial charge in [-0.05, 0) is 56.3 Å². The van der Waals surface area contributed by atoms with Gasteiger partial charge in [0.05, 0.1) is 16.6 Å². The molecule has 1 fully saturated rings. The van der Waals surface area contributed by atoms with Crippen molar-refractivity contribution in [3.05, 3.63) is 57.5 Å². The van der Waals surface area contributed by atoms with Crippen molar-refractivity contribution in [2.75, 3.05) is 17.2 Å². The van der Waals surface area contributed by atoms with Crippen LogP contribution >= 0.6 is 27.5 Å². The summed E-state index contributed by atoms with van der Waals surface area (Å²) in [7, 11) is 0. The molecule has 1 heterocycles. The number of anilines is 2. The van der Waals surface area contributed by atoms with E-state index in [4.69, 9.17) is 11.6 Å². The first-order valence-corrected chi connectivity index (χ1v) is 10.4. The second-order valence-electron chi connectivity index (χ2n) is 7.19. The van der Waals surface area contributed by atoms with E-state index in [-0.39, 0.29) is 36.1 Å². The zero-order valence-corrected chi connectivity index (χ0v) is 18.4. The summed E-state index contributed by atoms with van der Waals surface area (Å²) in [5, 5.41) is 6.00. The maximum atomic E-state index is 12.5. The standard InChI is InChI=1S/C21H21BrClN3O3/c1-12(2)26-11-14(9-19(26)27)21(29)24-16-6-3-13(4-7-16)20(28)25-18-8-5-15(22)10-17(18)23/h3-8,10,12,14H,9,11H2,1-2H3,(H,24,29)(H,25,28). The number of amides is 3. The summed E-state index contributed by atoms with van der Waals surface area (Å²) in [4.78, 5) is 38.6. The summed E-state index contributed by atoms with van der Waals surface area (Å²) >= 11 is 9.45. The van der Waals surface area contributed by atoms with E-state index in [1.807, 2.05) is 13.8 Å². The number of rotatable bonds is 5. The largest absolute Gasteiger partial charge is 0.339 e. The average molecular weight is 479 g/mol. The number of carbonyl (C=O) groups is 3. The minimum Gasteiger partial charge on any atom is -0.339 e. The molecule has 2 N–H and O–H groups in total. The molecule has 3 rings (SSSR count). The van der Waals surface area contributed by atoms with Crippen molar-refractivity contribution in [3.63, 3.8) is 0 Å². The Bertz CT molecular complexity index is 947. The second-order valence-corrected chi connectivity index (χ2v) is 8.51. The number of hydrogen-bond acceptors (Lipinski definition) is 3. The van der Waals surface area contributed by atoms with Crippen LogP contribution in [0.25, 0.3) is 0 Å². The molecule has 1 aliphatic rings. The van der Waals surface area contributed by atoms with Crippen molar-refractivity contribution in [3.8, 4) is 0 Å². The van der Waals surface area contributed by atoms with E-state index in [1.165, 1.54) is 0 Å². The quantitative estimate of drug-likeness (QED) is 0.662. The van der Waals surface area contributed by atoms with E-state index >= 15 is 0 Å². The van der Waals surface area contributed by atoms with Crippen molar-refractivity contribution in [1.29, 1.82) is 0 Å². The Hall–Kier alpha value is -2.38. The van der Waals surface area contributed by atoms with Gasteiger partial charge in [-0.25, -0.2) is 0 Å². The Balaban J connectivity index is 1.60. The van der Waals surface area contributed by atoms with E-state index in [2.05, 4.69) is 26.6 Å². The summed E-state index contributed by atoms with van der Waals surface area (Å²) < 4.78 is 0.820. The van der Waals surface area contributed by atoms with E-state index < -0.39 is 0 Å². The monoisotopic (exact) mass is 477 g/mol. The van der Waals surface area contributed by atoms with Crippen LogP contribution in [0.3, 0.4) is 0 Å². The summed E-state index contributed by atoms with van der Waals surface area (Å²) in [6.45, 7) is 4.30. The molecule has 2 aromatic carbocycles. The molecule has 3 amide bonds. The van der Waals surface area contributed by atoms with Gasteiger partial charge in [0.15, 0.2) is 0 Å². The van der Waals surface area contributed by atoms with Crippen LogP contribution in [-0.2, 0) is 9.59 Å². The summed E-state index contributed by atoms with van der Waals surface area (Å²) in [5.41, 5.74) is 1.52. The molecule has 0 radical (unpaired) electrons. The number of nitrogens with zero attached hydrogens (tertiary/aromatic N) is 1. The minimum atomic E-state index is -0.368. The fourth-order valence-electron chi connectivity index (χ4n) is 3.14. The van der Waals surface area contributed by atoms with E-state index in [1.54, 1.807) is 47.4 Å². The van der Waals surface area contributed by atoms with Crippen molar-refractivity contribution in [2.24, 2.45) is 5.92 Å². The van der Waals surface area contributed by atoms with Crippen molar-refractivity contribution < 1.29 is 14.4 Å². The van der Waals surface area contributed by atoms with Crippen LogP contribution in [-0.4, -0.2) is 35.2 Å². The highest BCUT2D eigenvalue weighted by Gasteiger charge is 2.35. The Morgan fingerprint density at radius 1 is 1.14 bits per heavy atom. The molecule has 6 nitrogen and oxygen atoms in total. The molecule has 0 saturated carbocycles. The van der Waals surface area contributed by atoms with Gasteiger partial charge < -0.3 is 15.5 Å². The van der Waals surface area contributed by atoms with Gasteiger partial charge in [0.25, 0.3) is 5.91 Å². The smallest absolute Gasteiger partial charge is 0.255 e. The third-order valence-corrected chi connectivity index (χ3v) is 5.55. The fourth-order valence-corrected chi connectivity index (χ4v) is 3.86. The number of benzene rings is 2.